The van der Waals surface area contributed by atoms with E-state index in [0.717, 1.165) is 12.3 Å². The van der Waals surface area contributed by atoms with E-state index in [9.17, 15) is 99.6 Å². The highest BCUT2D eigenvalue weighted by Crippen LogP contribution is 2.32. The highest BCUT2D eigenvalue weighted by atomic mass is 16.7. The predicted octanol–water partition coefficient (Wildman–Crippen LogP) is 2.78. The Kier molecular flexibility index (Phi) is 57.9. The number of unbranched alkanes of at least 4 members (excludes halogenated alkanes) is 9. The lowest BCUT2D eigenvalue weighted by Gasteiger charge is -2.40. The lowest BCUT2D eigenvalue weighted by Crippen LogP contribution is -2.55. The van der Waals surface area contributed by atoms with E-state index in [0.29, 0.717) is 148 Å². The molecule has 17 N–H and O–H groups in total. The molecule has 35 nitrogen and oxygen atoms in total. The third kappa shape index (κ3) is 41.2. The average molecular weight is 1750 g/mol. The maximum atomic E-state index is 14.7. The zero-order valence-corrected chi connectivity index (χ0v) is 75.0. The van der Waals surface area contributed by atoms with Gasteiger partial charge >= 0.3 is 0 Å². The van der Waals surface area contributed by atoms with Crippen molar-refractivity contribution in [2.24, 2.45) is 47.3 Å². The summed E-state index contributed by atoms with van der Waals surface area (Å²) >= 11 is 0. The molecule has 0 saturated carbocycles. The first kappa shape index (κ1) is 111. The summed E-state index contributed by atoms with van der Waals surface area (Å²) < 4.78 is 51.3. The molecular formula is C87H160N6O29. The summed E-state index contributed by atoms with van der Waals surface area (Å²) in [6, 6.07) is -1.01. The fourth-order valence-corrected chi connectivity index (χ4v) is 15.4. The number of amides is 6. The van der Waals surface area contributed by atoms with Crippen LogP contribution in [0.25, 0.3) is 0 Å². The highest BCUT2D eigenvalue weighted by Gasteiger charge is 2.46. The number of nitrogens with one attached hydrogen (secondary N) is 5. The van der Waals surface area contributed by atoms with Crippen molar-refractivity contribution in [3.05, 3.63) is 0 Å². The van der Waals surface area contributed by atoms with Crippen molar-refractivity contribution in [2.45, 2.75) is 360 Å². The number of carbonyl (C=O) groups excluding carboxylic acids is 8. The van der Waals surface area contributed by atoms with Crippen LogP contribution >= 0.6 is 0 Å². The molecule has 712 valence electrons. The van der Waals surface area contributed by atoms with E-state index in [2.05, 4.69) is 54.3 Å². The van der Waals surface area contributed by atoms with Gasteiger partial charge in [0.2, 0.25) is 35.4 Å². The maximum Gasteiger partial charge on any atom is 0.223 e. The number of carbonyl (C=O) groups is 8. The zero-order chi connectivity index (χ0) is 90.8. The number of ketones is 2. The Morgan fingerprint density at radius 2 is 0.730 bits per heavy atom. The SMILES string of the molecule is CC.CC(C)C.COC[C@@H]1C[C@@H](C)CN1C(=O)CCCCCNC(=O)C(CCCCNC(=O)C(CCCCNC(=O)CCCCO[C@@H]1OC(CO)[C@H](O)[C@H](O)C1C)CC(=O)CCCCO[C@@H]1OC(CO)[C@H](O)[C@H](O)C1C)CC(=O)C(CCCCNC(=O)CCCCO[C@@H]1OC(CO)[C@H](O)[C@H](O)C1C)NC(=O)CCCCO[C@@H]1OC(CO)[C@H](O)[C@H](O)C1C. The van der Waals surface area contributed by atoms with Crippen LogP contribution in [0.4, 0.5) is 0 Å². The second-order valence-electron chi connectivity index (χ2n) is 34.3. The molecular weight excluding hydrogens is 1590 g/mol. The third-order valence-corrected chi connectivity index (χ3v) is 23.0. The summed E-state index contributed by atoms with van der Waals surface area (Å²) in [7, 11) is 1.62. The molecule has 0 aromatic rings. The number of likely N-dealkylation sites (tertiary alicyclic amines) is 1. The normalized spacial score (nSPS) is 29.1. The minimum atomic E-state index is -1.30. The molecule has 0 radical (unpaired) electrons. The summed E-state index contributed by atoms with van der Waals surface area (Å²) in [4.78, 5) is 112. The fraction of sp³-hybridized carbons (Fsp3) is 0.908. The largest absolute Gasteiger partial charge is 0.394 e. The van der Waals surface area contributed by atoms with Crippen LogP contribution in [-0.2, 0) is 81.0 Å². The average Bonchev–Trinajstić information content (AvgIpc) is 1.15. The first-order chi connectivity index (χ1) is 58.3. The fourth-order valence-electron chi connectivity index (χ4n) is 15.4. The first-order valence-corrected chi connectivity index (χ1v) is 45.5. The van der Waals surface area contributed by atoms with Crippen molar-refractivity contribution in [2.75, 3.05) is 99.3 Å². The van der Waals surface area contributed by atoms with E-state index in [-0.39, 0.29) is 139 Å². The van der Waals surface area contributed by atoms with Gasteiger partial charge in [-0.15, -0.1) is 0 Å². The van der Waals surface area contributed by atoms with E-state index >= 15 is 0 Å². The monoisotopic (exact) mass is 1750 g/mol. The van der Waals surface area contributed by atoms with Gasteiger partial charge in [0.15, 0.2) is 30.9 Å². The molecule has 5 aliphatic rings. The van der Waals surface area contributed by atoms with Gasteiger partial charge in [0.25, 0.3) is 0 Å². The standard InChI is InChI=1S/C81H144N6O29.C4H10.C2H6/c1-49-40-56(48-108-6)87(43-49)67(97)31-8-7-16-34-84-77(107)55(42-59(93)58(86-66(96)30-15-23-39-112-81-53(5)71(101)75(105)63(47-91)116-81)27-11-19-33-83-65(95)29-14-22-38-111-80-52(4)70(100)74(104)62(46-90)115-80)25-10-18-35-85-76(106)54(41-57(92)26-12-20-36-109-78-50(2)68(98)72(102)60(44-88)113-78)24-9-17-32-82-64(94)28-13-21-37-110-79-51(3)69(99)73(103)61(45-89)114-79;1-4(2)3;1-2/h49-56,58,60-63,68-75,78-81,88-91,98-105H,7-48H2,1-6H3,(H,82,94)(H,83,95)(H,84,107)(H,85,106)(H,86,96);4H,1-3H3;1-2H3/t49-,50?,51?,52?,53?,54?,55?,56+,58?,60?,61?,62?,63?,68-,69-,70-,71-,72+,73+,74+,75+,78-,79-,80-,81-;;/m1../s1. The number of aliphatic hydroxyl groups excluding tert-OH is 12. The molecule has 0 aromatic heterocycles. The van der Waals surface area contributed by atoms with E-state index in [1.807, 2.05) is 18.7 Å². The highest BCUT2D eigenvalue weighted by molar-refractivity contribution is 5.92. The van der Waals surface area contributed by atoms with Crippen molar-refractivity contribution in [1.29, 1.82) is 0 Å². The summed E-state index contributed by atoms with van der Waals surface area (Å²) in [5.74, 6) is -4.87. The molecule has 0 aromatic carbocycles. The van der Waals surface area contributed by atoms with E-state index < -0.39 is 178 Å². The number of hydrogen-bond donors (Lipinski definition) is 17. The molecule has 35 heteroatoms. The lowest BCUT2D eigenvalue weighted by atomic mass is 9.90. The molecule has 5 heterocycles. The number of rotatable bonds is 59. The molecule has 0 aliphatic carbocycles. The van der Waals surface area contributed by atoms with Crippen molar-refractivity contribution in [1.82, 2.24) is 31.5 Å². The second kappa shape index (κ2) is 63.3. The van der Waals surface area contributed by atoms with Crippen molar-refractivity contribution in [3.63, 3.8) is 0 Å². The minimum absolute atomic E-state index is 0.0111. The van der Waals surface area contributed by atoms with Crippen LogP contribution in [0.5, 0.6) is 0 Å². The summed E-state index contributed by atoms with van der Waals surface area (Å²) in [6.07, 6.45) is -7.60. The molecule has 25 atom stereocenters. The van der Waals surface area contributed by atoms with Gasteiger partial charge in [-0.05, 0) is 127 Å². The molecule has 5 aliphatic heterocycles. The van der Waals surface area contributed by atoms with Crippen molar-refractivity contribution >= 4 is 47.0 Å². The summed E-state index contributed by atoms with van der Waals surface area (Å²) in [6.45, 7) is 20.0. The summed E-state index contributed by atoms with van der Waals surface area (Å²) in [5, 5.41) is 136. The zero-order valence-electron chi connectivity index (χ0n) is 75.0. The molecule has 5 fully saturated rings. The van der Waals surface area contributed by atoms with Gasteiger partial charge in [0.1, 0.15) is 54.6 Å². The van der Waals surface area contributed by atoms with Gasteiger partial charge < -0.3 is 135 Å². The molecule has 5 rings (SSSR count). The molecule has 0 spiro atoms. The number of ether oxygens (including phenoxy) is 9. The van der Waals surface area contributed by atoms with Crippen molar-refractivity contribution in [3.8, 4) is 0 Å². The Hall–Kier alpha value is -4.68. The smallest absolute Gasteiger partial charge is 0.223 e. The Bertz CT molecular complexity index is 2870. The Labute approximate surface area is 723 Å². The van der Waals surface area contributed by atoms with Crippen LogP contribution in [-0.4, -0.2) is 323 Å². The Balaban J connectivity index is 0.00000621. The van der Waals surface area contributed by atoms with Crippen LogP contribution in [0.15, 0.2) is 0 Å². The molecule has 6 amide bonds. The van der Waals surface area contributed by atoms with E-state index in [4.69, 9.17) is 42.6 Å². The van der Waals surface area contributed by atoms with Gasteiger partial charge in [-0.2, -0.15) is 0 Å². The Morgan fingerprint density at radius 3 is 1.10 bits per heavy atom. The molecule has 5 saturated heterocycles. The predicted molar refractivity (Wildman–Crippen MR) is 450 cm³/mol. The van der Waals surface area contributed by atoms with Crippen LogP contribution in [0, 0.1) is 47.3 Å². The maximum absolute atomic E-state index is 14.7. The number of nitrogens with zero attached hydrogens (tertiary/aromatic N) is 1. The number of hydrogen-bond acceptors (Lipinski definition) is 29. The van der Waals surface area contributed by atoms with Crippen LogP contribution in [0.1, 0.15) is 249 Å². The van der Waals surface area contributed by atoms with Gasteiger partial charge in [0.05, 0.1) is 69.5 Å². The van der Waals surface area contributed by atoms with Gasteiger partial charge in [-0.25, -0.2) is 0 Å². The van der Waals surface area contributed by atoms with Crippen molar-refractivity contribution < 1.29 is 142 Å². The topological polar surface area (TPSA) is 526 Å². The molecule has 11 unspecified atom stereocenters. The minimum Gasteiger partial charge on any atom is -0.394 e. The molecule has 122 heavy (non-hydrogen) atoms. The number of Topliss-reactive ketones (excluding diaryl/α,β-unsaturated/α-hetero) is 2. The van der Waals surface area contributed by atoms with E-state index in [1.165, 1.54) is 0 Å². The Morgan fingerprint density at radius 1 is 0.402 bits per heavy atom. The summed E-state index contributed by atoms with van der Waals surface area (Å²) in [5.41, 5.74) is 0. The van der Waals surface area contributed by atoms with Crippen LogP contribution < -0.4 is 26.6 Å². The van der Waals surface area contributed by atoms with Gasteiger partial charge in [-0.1, -0.05) is 88.5 Å². The van der Waals surface area contributed by atoms with Gasteiger partial charge in [0, 0.05) is 147 Å². The quantitative estimate of drug-likeness (QED) is 0.0389. The second-order valence-corrected chi connectivity index (χ2v) is 34.3. The van der Waals surface area contributed by atoms with Crippen LogP contribution in [0.2, 0.25) is 0 Å². The lowest BCUT2D eigenvalue weighted by molar-refractivity contribution is -0.282. The van der Waals surface area contributed by atoms with Crippen LogP contribution in [0.3, 0.4) is 0 Å². The number of methoxy groups -OCH3 is 1. The first-order valence-electron chi connectivity index (χ1n) is 45.5. The third-order valence-electron chi connectivity index (χ3n) is 23.0. The number of aliphatic hydroxyl groups is 12. The van der Waals surface area contributed by atoms with E-state index in [1.54, 1.807) is 34.8 Å². The molecule has 0 bridgehead atoms. The van der Waals surface area contributed by atoms with Gasteiger partial charge in [-0.3, -0.25) is 38.4 Å².